The molecular weight excluding hydrogens is 500 g/mol. The van der Waals surface area contributed by atoms with Crippen molar-refractivity contribution in [3.63, 3.8) is 0 Å². The Morgan fingerprint density at radius 3 is 2.90 bits per heavy atom. The maximum Gasteiger partial charge on any atom is 0.128 e. The van der Waals surface area contributed by atoms with Crippen LogP contribution in [0.5, 0.6) is 5.75 Å². The van der Waals surface area contributed by atoms with E-state index in [2.05, 4.69) is 74.7 Å². The molecule has 0 unspecified atom stereocenters. The lowest BCUT2D eigenvalue weighted by atomic mass is 9.92. The molecule has 0 saturated carbocycles. The standard InChI is InChI=1S/C32H34N6O2/c1-38-15-18(16-39-2)10-28(38)32-35-25-8-6-19-12-24-22-7-5-20(27-14-34-31(36-27)26-4-3-9-33-26)11-21(22)17-40-29(24)13-23(19)30(25)37-32/h5-8,11-14,18,26,28,33H,3-4,9-10,15-17H2,1-2H3,(H,34,36)(H,35,37)/t18-,26+,28+/m1/s1. The van der Waals surface area contributed by atoms with Crippen molar-refractivity contribution in [2.45, 2.75) is 38.0 Å². The van der Waals surface area contributed by atoms with Crippen molar-refractivity contribution >= 4 is 21.8 Å². The number of fused-ring (bicyclic) bond motifs is 6. The molecule has 3 atom stereocenters. The molecule has 0 aliphatic carbocycles. The Morgan fingerprint density at radius 2 is 2.02 bits per heavy atom. The van der Waals surface area contributed by atoms with Crippen LogP contribution in [0.3, 0.4) is 0 Å². The lowest BCUT2D eigenvalue weighted by Crippen LogP contribution is -2.19. The third-order valence-corrected chi connectivity index (χ3v) is 9.01. The van der Waals surface area contributed by atoms with Gasteiger partial charge in [-0.1, -0.05) is 18.2 Å². The van der Waals surface area contributed by atoms with E-state index < -0.39 is 0 Å². The minimum absolute atomic E-state index is 0.276. The molecule has 40 heavy (non-hydrogen) atoms. The number of aromatic amines is 2. The number of benzene rings is 3. The molecule has 0 spiro atoms. The highest BCUT2D eigenvalue weighted by atomic mass is 16.5. The molecule has 3 aliphatic heterocycles. The van der Waals surface area contributed by atoms with Gasteiger partial charge in [-0.05, 0) is 85.1 Å². The Kier molecular flexibility index (Phi) is 5.69. The van der Waals surface area contributed by atoms with Gasteiger partial charge >= 0.3 is 0 Å². The van der Waals surface area contributed by atoms with E-state index in [1.54, 1.807) is 7.11 Å². The molecule has 3 N–H and O–H groups in total. The van der Waals surface area contributed by atoms with Crippen LogP contribution in [0.1, 0.15) is 48.6 Å². The van der Waals surface area contributed by atoms with Crippen LogP contribution in [0.2, 0.25) is 0 Å². The number of hydrogen-bond donors (Lipinski definition) is 3. The largest absolute Gasteiger partial charge is 0.488 e. The summed E-state index contributed by atoms with van der Waals surface area (Å²) in [5.41, 5.74) is 7.82. The predicted molar refractivity (Wildman–Crippen MR) is 156 cm³/mol. The molecule has 3 aromatic carbocycles. The van der Waals surface area contributed by atoms with Gasteiger partial charge in [0.25, 0.3) is 0 Å². The first-order valence-corrected chi connectivity index (χ1v) is 14.3. The van der Waals surface area contributed by atoms with Gasteiger partial charge in [0.05, 0.1) is 41.6 Å². The molecule has 2 saturated heterocycles. The van der Waals surface area contributed by atoms with Crippen molar-refractivity contribution in [2.24, 2.45) is 5.92 Å². The maximum absolute atomic E-state index is 6.35. The van der Waals surface area contributed by atoms with E-state index in [0.717, 1.165) is 83.2 Å². The fourth-order valence-electron chi connectivity index (χ4n) is 6.99. The number of nitrogens with zero attached hydrogens (tertiary/aromatic N) is 3. The van der Waals surface area contributed by atoms with E-state index in [9.17, 15) is 0 Å². The van der Waals surface area contributed by atoms with Crippen molar-refractivity contribution in [2.75, 3.05) is 33.9 Å². The number of ether oxygens (including phenoxy) is 2. The van der Waals surface area contributed by atoms with E-state index in [1.165, 1.54) is 22.9 Å². The smallest absolute Gasteiger partial charge is 0.128 e. The summed E-state index contributed by atoms with van der Waals surface area (Å²) in [6, 6.07) is 16.0. The molecular formula is C32H34N6O2. The topological polar surface area (TPSA) is 91.1 Å². The molecule has 8 rings (SSSR count). The Bertz CT molecular complexity index is 1730. The van der Waals surface area contributed by atoms with Gasteiger partial charge in [0.2, 0.25) is 0 Å². The van der Waals surface area contributed by atoms with Crippen molar-refractivity contribution in [3.8, 4) is 28.1 Å². The van der Waals surface area contributed by atoms with Gasteiger partial charge in [-0.2, -0.15) is 0 Å². The number of nitrogens with one attached hydrogen (secondary N) is 3. The van der Waals surface area contributed by atoms with Crippen LogP contribution in [0.4, 0.5) is 0 Å². The Morgan fingerprint density at radius 1 is 1.07 bits per heavy atom. The summed E-state index contributed by atoms with van der Waals surface area (Å²) < 4.78 is 11.8. The molecule has 3 aliphatic rings. The SMILES string of the molecule is COC[C@@H]1C[C@@H](c2nc3c(ccc4cc5c(cc43)OCc3cc(-c4cnc([C@@H]6CCCN6)[nH]4)ccc3-5)[nH]2)N(C)C1. The molecule has 0 radical (unpaired) electrons. The summed E-state index contributed by atoms with van der Waals surface area (Å²) in [5.74, 6) is 3.51. The Hall–Kier alpha value is -3.72. The molecule has 0 bridgehead atoms. The summed E-state index contributed by atoms with van der Waals surface area (Å²) >= 11 is 0. The Labute approximate surface area is 233 Å². The zero-order valence-electron chi connectivity index (χ0n) is 23.0. The molecule has 0 amide bonds. The molecule has 2 fully saturated rings. The fraction of sp³-hybridized carbons (Fsp3) is 0.375. The van der Waals surface area contributed by atoms with Crippen molar-refractivity contribution in [1.82, 2.24) is 30.2 Å². The lowest BCUT2D eigenvalue weighted by molar-refractivity contribution is 0.155. The summed E-state index contributed by atoms with van der Waals surface area (Å²) in [6.07, 6.45) is 5.34. The van der Waals surface area contributed by atoms with E-state index in [1.807, 2.05) is 6.20 Å². The van der Waals surface area contributed by atoms with Gasteiger partial charge < -0.3 is 24.8 Å². The molecule has 204 valence electrons. The van der Waals surface area contributed by atoms with Crippen LogP contribution in [0, 0.1) is 5.92 Å². The van der Waals surface area contributed by atoms with E-state index in [0.29, 0.717) is 18.6 Å². The third kappa shape index (κ3) is 3.93. The summed E-state index contributed by atoms with van der Waals surface area (Å²) in [4.78, 5) is 19.3. The summed E-state index contributed by atoms with van der Waals surface area (Å²) in [7, 11) is 3.96. The first-order valence-electron chi connectivity index (χ1n) is 14.3. The lowest BCUT2D eigenvalue weighted by Gasteiger charge is -2.22. The van der Waals surface area contributed by atoms with Gasteiger partial charge in [-0.15, -0.1) is 0 Å². The number of likely N-dealkylation sites (tertiary alicyclic amines) is 1. The van der Waals surface area contributed by atoms with Crippen LogP contribution >= 0.6 is 0 Å². The zero-order chi connectivity index (χ0) is 26.8. The molecule has 5 aromatic rings. The number of hydrogen-bond acceptors (Lipinski definition) is 6. The van der Waals surface area contributed by atoms with Gasteiger partial charge in [-0.3, -0.25) is 4.90 Å². The number of H-pyrrole nitrogens is 2. The van der Waals surface area contributed by atoms with Crippen molar-refractivity contribution < 1.29 is 9.47 Å². The normalized spacial score (nSPS) is 22.6. The monoisotopic (exact) mass is 534 g/mol. The van der Waals surface area contributed by atoms with Crippen LogP contribution < -0.4 is 10.1 Å². The van der Waals surface area contributed by atoms with Crippen molar-refractivity contribution in [1.29, 1.82) is 0 Å². The highest BCUT2D eigenvalue weighted by Crippen LogP contribution is 2.43. The second kappa shape index (κ2) is 9.44. The number of aromatic nitrogens is 4. The van der Waals surface area contributed by atoms with Crippen LogP contribution in [-0.4, -0.2) is 58.7 Å². The third-order valence-electron chi connectivity index (χ3n) is 9.01. The first kappa shape index (κ1) is 24.1. The number of methoxy groups -OCH3 is 1. The molecule has 5 heterocycles. The number of imidazole rings is 2. The van der Waals surface area contributed by atoms with Gasteiger partial charge in [0.15, 0.2) is 0 Å². The quantitative estimate of drug-likeness (QED) is 0.267. The number of rotatable bonds is 5. The predicted octanol–water partition coefficient (Wildman–Crippen LogP) is 5.73. The average Bonchev–Trinajstić information content (AvgIpc) is 3.78. The molecule has 8 nitrogen and oxygen atoms in total. The van der Waals surface area contributed by atoms with Crippen LogP contribution in [0.15, 0.2) is 48.7 Å². The minimum atomic E-state index is 0.276. The molecule has 8 heteroatoms. The second-order valence-electron chi connectivity index (χ2n) is 11.7. The summed E-state index contributed by atoms with van der Waals surface area (Å²) in [5, 5.41) is 5.81. The first-order chi connectivity index (χ1) is 19.6. The van der Waals surface area contributed by atoms with E-state index >= 15 is 0 Å². The second-order valence-corrected chi connectivity index (χ2v) is 11.7. The molecule has 2 aromatic heterocycles. The van der Waals surface area contributed by atoms with Gasteiger partial charge in [-0.25, -0.2) is 9.97 Å². The highest BCUT2D eigenvalue weighted by Gasteiger charge is 2.33. The van der Waals surface area contributed by atoms with E-state index in [-0.39, 0.29) is 6.04 Å². The highest BCUT2D eigenvalue weighted by molar-refractivity contribution is 6.07. The fourth-order valence-corrected chi connectivity index (χ4v) is 6.99. The minimum Gasteiger partial charge on any atom is -0.488 e. The Balaban J connectivity index is 1.13. The van der Waals surface area contributed by atoms with Crippen LogP contribution in [-0.2, 0) is 11.3 Å². The van der Waals surface area contributed by atoms with E-state index in [4.69, 9.17) is 14.5 Å². The van der Waals surface area contributed by atoms with Crippen LogP contribution in [0.25, 0.3) is 44.2 Å². The zero-order valence-corrected chi connectivity index (χ0v) is 23.0. The van der Waals surface area contributed by atoms with Gasteiger partial charge in [0, 0.05) is 24.6 Å². The summed E-state index contributed by atoms with van der Waals surface area (Å²) in [6.45, 7) is 3.42. The van der Waals surface area contributed by atoms with Crippen molar-refractivity contribution in [3.05, 3.63) is 65.9 Å². The maximum atomic E-state index is 6.35. The van der Waals surface area contributed by atoms with Gasteiger partial charge in [0.1, 0.15) is 24.0 Å². The average molecular weight is 535 g/mol.